The van der Waals surface area contributed by atoms with Gasteiger partial charge in [-0.15, -0.1) is 0 Å². The first-order valence-electron chi connectivity index (χ1n) is 8.12. The number of amides is 1. The number of benzene rings is 1. The number of carbonyl (C=O) groups is 1. The first-order chi connectivity index (χ1) is 11.3. The van der Waals surface area contributed by atoms with Crippen molar-refractivity contribution in [2.45, 2.75) is 45.4 Å². The Morgan fingerprint density at radius 3 is 2.54 bits per heavy atom. The lowest BCUT2D eigenvalue weighted by atomic mass is 9.85. The molecule has 1 aromatic heterocycles. The maximum Gasteiger partial charge on any atom is 0.228 e. The van der Waals surface area contributed by atoms with Crippen molar-refractivity contribution >= 4 is 34.9 Å². The largest absolute Gasteiger partial charge is 0.310 e. The van der Waals surface area contributed by atoms with Gasteiger partial charge in [-0.2, -0.15) is 5.10 Å². The van der Waals surface area contributed by atoms with E-state index in [2.05, 4.69) is 31.2 Å². The lowest BCUT2D eigenvalue weighted by Crippen LogP contribution is -2.28. The van der Waals surface area contributed by atoms with Gasteiger partial charge in [0, 0.05) is 22.4 Å². The highest BCUT2D eigenvalue weighted by atomic mass is 35.5. The van der Waals surface area contributed by atoms with Crippen LogP contribution in [0, 0.1) is 5.92 Å². The minimum absolute atomic E-state index is 0.0426. The van der Waals surface area contributed by atoms with E-state index >= 15 is 0 Å². The van der Waals surface area contributed by atoms with Crippen LogP contribution in [0.4, 0.5) is 5.82 Å². The molecule has 0 atom stereocenters. The zero-order valence-electron chi connectivity index (χ0n) is 14.1. The van der Waals surface area contributed by atoms with Gasteiger partial charge in [0.15, 0.2) is 0 Å². The van der Waals surface area contributed by atoms with Crippen molar-refractivity contribution in [3.05, 3.63) is 40.0 Å². The summed E-state index contributed by atoms with van der Waals surface area (Å²) in [6.07, 6.45) is 3.01. The first kappa shape index (κ1) is 17.3. The van der Waals surface area contributed by atoms with Gasteiger partial charge in [-0.1, -0.05) is 50.4 Å². The third-order valence-electron chi connectivity index (χ3n) is 4.34. The van der Waals surface area contributed by atoms with E-state index in [1.54, 1.807) is 22.9 Å². The zero-order chi connectivity index (χ0) is 17.5. The van der Waals surface area contributed by atoms with E-state index in [1.807, 2.05) is 6.07 Å². The van der Waals surface area contributed by atoms with E-state index in [0.29, 0.717) is 21.6 Å². The van der Waals surface area contributed by atoms with Gasteiger partial charge >= 0.3 is 0 Å². The summed E-state index contributed by atoms with van der Waals surface area (Å²) in [6, 6.07) is 7.12. The Balaban J connectivity index is 2.04. The molecule has 1 amide bonds. The predicted molar refractivity (Wildman–Crippen MR) is 98.3 cm³/mol. The van der Waals surface area contributed by atoms with Crippen LogP contribution in [0.1, 0.15) is 45.7 Å². The van der Waals surface area contributed by atoms with Crippen LogP contribution in [0.2, 0.25) is 10.0 Å². The quantitative estimate of drug-likeness (QED) is 0.810. The van der Waals surface area contributed by atoms with Crippen LogP contribution in [0.25, 0.3) is 5.69 Å². The van der Waals surface area contributed by atoms with E-state index < -0.39 is 0 Å². The number of halogens is 2. The number of hydrogen-bond acceptors (Lipinski definition) is 2. The third-order valence-corrected chi connectivity index (χ3v) is 4.90. The molecule has 1 aliphatic rings. The van der Waals surface area contributed by atoms with Crippen molar-refractivity contribution in [1.29, 1.82) is 0 Å². The molecule has 1 fully saturated rings. The molecule has 0 aliphatic heterocycles. The Bertz CT molecular complexity index is 773. The molecule has 1 heterocycles. The number of aromatic nitrogens is 2. The minimum atomic E-state index is -0.147. The summed E-state index contributed by atoms with van der Waals surface area (Å²) >= 11 is 12.4. The van der Waals surface area contributed by atoms with E-state index in [9.17, 15) is 4.79 Å². The van der Waals surface area contributed by atoms with E-state index in [1.165, 1.54) is 0 Å². The molecule has 2 aromatic rings. The number of carbonyl (C=O) groups excluding carboxylic acids is 1. The van der Waals surface area contributed by atoms with Gasteiger partial charge in [-0.3, -0.25) is 4.79 Å². The first-order valence-corrected chi connectivity index (χ1v) is 8.88. The molecule has 6 heteroatoms. The van der Waals surface area contributed by atoms with E-state index in [4.69, 9.17) is 23.2 Å². The van der Waals surface area contributed by atoms with E-state index in [-0.39, 0.29) is 17.2 Å². The van der Waals surface area contributed by atoms with Crippen molar-refractivity contribution in [2.24, 2.45) is 5.92 Å². The molecule has 0 radical (unpaired) electrons. The Morgan fingerprint density at radius 2 is 1.96 bits per heavy atom. The number of anilines is 1. The topological polar surface area (TPSA) is 46.9 Å². The molecule has 0 bridgehead atoms. The number of rotatable bonds is 3. The molecule has 1 aromatic carbocycles. The molecular weight excluding hydrogens is 345 g/mol. The van der Waals surface area contributed by atoms with Crippen LogP contribution in [0.3, 0.4) is 0 Å². The summed E-state index contributed by atoms with van der Waals surface area (Å²) in [7, 11) is 0. The van der Waals surface area contributed by atoms with Crippen molar-refractivity contribution < 1.29 is 4.79 Å². The molecule has 1 saturated carbocycles. The van der Waals surface area contributed by atoms with Crippen LogP contribution in [-0.4, -0.2) is 15.7 Å². The highest BCUT2D eigenvalue weighted by Gasteiger charge is 2.28. The van der Waals surface area contributed by atoms with Gasteiger partial charge < -0.3 is 5.32 Å². The zero-order valence-corrected chi connectivity index (χ0v) is 15.6. The van der Waals surface area contributed by atoms with Crippen molar-refractivity contribution in [2.75, 3.05) is 5.32 Å². The maximum absolute atomic E-state index is 12.4. The SMILES string of the molecule is CC(C)(C)c1cc(NC(=O)C2CCC2)n(-c2cc(Cl)ccc2Cl)n1. The number of nitrogens with zero attached hydrogens (tertiary/aromatic N) is 2. The second-order valence-electron chi connectivity index (χ2n) is 7.29. The van der Waals surface area contributed by atoms with Crippen LogP contribution in [0.5, 0.6) is 0 Å². The summed E-state index contributed by atoms with van der Waals surface area (Å²) in [5.74, 6) is 0.767. The van der Waals surface area contributed by atoms with Gasteiger partial charge in [-0.05, 0) is 31.0 Å². The molecule has 24 heavy (non-hydrogen) atoms. The normalized spacial score (nSPS) is 15.2. The molecule has 128 valence electrons. The fourth-order valence-electron chi connectivity index (χ4n) is 2.57. The highest BCUT2D eigenvalue weighted by molar-refractivity contribution is 6.34. The summed E-state index contributed by atoms with van der Waals surface area (Å²) in [5.41, 5.74) is 1.39. The Morgan fingerprint density at radius 1 is 1.25 bits per heavy atom. The summed E-state index contributed by atoms with van der Waals surface area (Å²) < 4.78 is 1.67. The monoisotopic (exact) mass is 365 g/mol. The van der Waals surface area contributed by atoms with Crippen molar-refractivity contribution in [3.8, 4) is 5.69 Å². The van der Waals surface area contributed by atoms with Gasteiger partial charge in [0.25, 0.3) is 0 Å². The van der Waals surface area contributed by atoms with Crippen LogP contribution in [0.15, 0.2) is 24.3 Å². The summed E-state index contributed by atoms with van der Waals surface area (Å²) in [6.45, 7) is 6.24. The summed E-state index contributed by atoms with van der Waals surface area (Å²) in [4.78, 5) is 12.4. The Kier molecular flexibility index (Phi) is 4.63. The Hall–Kier alpha value is -1.52. The van der Waals surface area contributed by atoms with Gasteiger partial charge in [0.2, 0.25) is 5.91 Å². The fraction of sp³-hybridized carbons (Fsp3) is 0.444. The third kappa shape index (κ3) is 3.45. The molecular formula is C18H21Cl2N3O. The van der Waals surface area contributed by atoms with Gasteiger partial charge in [0.1, 0.15) is 5.82 Å². The molecule has 3 rings (SSSR count). The second kappa shape index (κ2) is 6.41. The van der Waals surface area contributed by atoms with Crippen LogP contribution in [-0.2, 0) is 10.2 Å². The van der Waals surface area contributed by atoms with Gasteiger partial charge in [-0.25, -0.2) is 4.68 Å². The number of nitrogens with one attached hydrogen (secondary N) is 1. The van der Waals surface area contributed by atoms with Crippen molar-refractivity contribution in [1.82, 2.24) is 9.78 Å². The minimum Gasteiger partial charge on any atom is -0.310 e. The van der Waals surface area contributed by atoms with Crippen LogP contribution >= 0.6 is 23.2 Å². The molecule has 0 unspecified atom stereocenters. The maximum atomic E-state index is 12.4. The molecule has 0 spiro atoms. The standard InChI is InChI=1S/C18H21Cl2N3O/c1-18(2,3)15-10-16(21-17(24)11-5-4-6-11)23(22-15)14-9-12(19)7-8-13(14)20/h7-11H,4-6H2,1-3H3,(H,21,24). The average Bonchev–Trinajstić information content (AvgIpc) is 2.83. The lowest BCUT2D eigenvalue weighted by Gasteiger charge is -2.24. The molecule has 4 nitrogen and oxygen atoms in total. The fourth-order valence-corrected chi connectivity index (χ4v) is 2.93. The van der Waals surface area contributed by atoms with Crippen LogP contribution < -0.4 is 5.32 Å². The average molecular weight is 366 g/mol. The smallest absolute Gasteiger partial charge is 0.228 e. The van der Waals surface area contributed by atoms with E-state index in [0.717, 1.165) is 25.0 Å². The summed E-state index contributed by atoms with van der Waals surface area (Å²) in [5, 5.41) is 8.78. The molecule has 1 N–H and O–H groups in total. The molecule has 1 aliphatic carbocycles. The highest BCUT2D eigenvalue weighted by Crippen LogP contribution is 2.32. The second-order valence-corrected chi connectivity index (χ2v) is 8.13. The van der Waals surface area contributed by atoms with Gasteiger partial charge in [0.05, 0.1) is 16.4 Å². The molecule has 0 saturated heterocycles. The predicted octanol–water partition coefficient (Wildman–Crippen LogP) is 5.22. The Labute approximate surface area is 152 Å². The van der Waals surface area contributed by atoms with Crippen molar-refractivity contribution in [3.63, 3.8) is 0 Å². The number of hydrogen-bond donors (Lipinski definition) is 1. The lowest BCUT2D eigenvalue weighted by molar-refractivity contribution is -0.122.